The number of rotatable bonds is 4. The molecule has 148 valence electrons. The van der Waals surface area contributed by atoms with Crippen LogP contribution in [0.15, 0.2) is 35.4 Å². The molecule has 0 spiro atoms. The number of amides is 1. The first-order chi connectivity index (χ1) is 13.6. The SMILES string of the molecule is COc1ccc(-c2cc(N)c(C(=O)N/N=C3/CC[C@H]4CCCC[C@@H]4C3)s2)cc1. The molecule has 2 aliphatic carbocycles. The van der Waals surface area contributed by atoms with Gasteiger partial charge in [0, 0.05) is 10.6 Å². The maximum Gasteiger partial charge on any atom is 0.283 e. The number of carbonyl (C=O) groups is 1. The van der Waals surface area contributed by atoms with Gasteiger partial charge >= 0.3 is 0 Å². The van der Waals surface area contributed by atoms with Gasteiger partial charge in [0.15, 0.2) is 0 Å². The van der Waals surface area contributed by atoms with E-state index in [9.17, 15) is 4.79 Å². The molecule has 0 bridgehead atoms. The lowest BCUT2D eigenvalue weighted by molar-refractivity contribution is 0.0959. The molecule has 1 amide bonds. The normalized spacial score (nSPS) is 23.2. The van der Waals surface area contributed by atoms with E-state index in [2.05, 4.69) is 10.5 Å². The Labute approximate surface area is 170 Å². The van der Waals surface area contributed by atoms with Gasteiger partial charge < -0.3 is 10.5 Å². The molecular weight excluding hydrogens is 370 g/mol. The van der Waals surface area contributed by atoms with Gasteiger partial charge in [-0.1, -0.05) is 19.3 Å². The number of methoxy groups -OCH3 is 1. The molecule has 0 unspecified atom stereocenters. The van der Waals surface area contributed by atoms with Gasteiger partial charge in [0.2, 0.25) is 0 Å². The van der Waals surface area contributed by atoms with E-state index in [-0.39, 0.29) is 5.91 Å². The molecule has 3 N–H and O–H groups in total. The van der Waals surface area contributed by atoms with E-state index in [1.165, 1.54) is 43.4 Å². The fraction of sp³-hybridized carbons (Fsp3) is 0.455. The third-order valence-electron chi connectivity index (χ3n) is 6.03. The summed E-state index contributed by atoms with van der Waals surface area (Å²) < 4.78 is 5.19. The number of anilines is 1. The highest BCUT2D eigenvalue weighted by Crippen LogP contribution is 2.39. The average molecular weight is 398 g/mol. The Bertz CT molecular complexity index is 872. The van der Waals surface area contributed by atoms with E-state index < -0.39 is 0 Å². The number of nitrogen functional groups attached to an aromatic ring is 1. The molecule has 2 aliphatic rings. The van der Waals surface area contributed by atoms with Gasteiger partial charge in [-0.15, -0.1) is 11.3 Å². The number of thiophene rings is 1. The predicted molar refractivity (Wildman–Crippen MR) is 115 cm³/mol. The van der Waals surface area contributed by atoms with Crippen LogP contribution in [0.4, 0.5) is 5.69 Å². The molecule has 2 aromatic rings. The highest BCUT2D eigenvalue weighted by molar-refractivity contribution is 7.18. The largest absolute Gasteiger partial charge is 0.497 e. The number of nitrogens with two attached hydrogens (primary N) is 1. The van der Waals surface area contributed by atoms with Gasteiger partial charge in [-0.2, -0.15) is 5.10 Å². The number of carbonyl (C=O) groups excluding carboxylic acids is 1. The zero-order chi connectivity index (χ0) is 19.5. The summed E-state index contributed by atoms with van der Waals surface area (Å²) in [6.07, 6.45) is 8.62. The number of benzene rings is 1. The van der Waals surface area contributed by atoms with Crippen molar-refractivity contribution < 1.29 is 9.53 Å². The van der Waals surface area contributed by atoms with Crippen LogP contribution < -0.4 is 15.9 Å². The zero-order valence-electron chi connectivity index (χ0n) is 16.2. The summed E-state index contributed by atoms with van der Waals surface area (Å²) in [6.45, 7) is 0. The molecule has 2 saturated carbocycles. The molecule has 2 atom stereocenters. The van der Waals surface area contributed by atoms with Gasteiger partial charge in [-0.05, 0) is 73.4 Å². The number of nitrogens with zero attached hydrogens (tertiary/aromatic N) is 1. The highest BCUT2D eigenvalue weighted by Gasteiger charge is 2.30. The Morgan fingerprint density at radius 1 is 1.18 bits per heavy atom. The third-order valence-corrected chi connectivity index (χ3v) is 7.22. The van der Waals surface area contributed by atoms with Gasteiger partial charge in [-0.3, -0.25) is 4.79 Å². The number of hydrazone groups is 1. The summed E-state index contributed by atoms with van der Waals surface area (Å²) in [7, 11) is 1.64. The maximum absolute atomic E-state index is 12.6. The van der Waals surface area contributed by atoms with Gasteiger partial charge in [-0.25, -0.2) is 5.43 Å². The first-order valence-electron chi connectivity index (χ1n) is 10.0. The van der Waals surface area contributed by atoms with Crippen molar-refractivity contribution in [2.45, 2.75) is 44.9 Å². The standard InChI is InChI=1S/C22H27N3O2S/c1-27-18-10-7-15(8-11-18)20-13-19(23)21(28-20)22(26)25-24-17-9-6-14-4-2-3-5-16(14)12-17/h7-8,10-11,13-14,16H,2-6,9,12,23H2,1H3,(H,25,26)/b24-17-/t14-,16-/m1/s1. The van der Waals surface area contributed by atoms with Gasteiger partial charge in [0.25, 0.3) is 5.91 Å². The minimum atomic E-state index is -0.222. The topological polar surface area (TPSA) is 76.7 Å². The van der Waals surface area contributed by atoms with Crippen LogP contribution in [-0.2, 0) is 0 Å². The fourth-order valence-electron chi connectivity index (χ4n) is 4.45. The van der Waals surface area contributed by atoms with Crippen LogP contribution in [0.3, 0.4) is 0 Å². The summed E-state index contributed by atoms with van der Waals surface area (Å²) >= 11 is 1.39. The molecule has 0 radical (unpaired) electrons. The van der Waals surface area contributed by atoms with Crippen molar-refractivity contribution in [2.75, 3.05) is 12.8 Å². The molecule has 1 aromatic heterocycles. The summed E-state index contributed by atoms with van der Waals surface area (Å²) in [4.78, 5) is 14.1. The van der Waals surface area contributed by atoms with Crippen LogP contribution in [0.25, 0.3) is 10.4 Å². The smallest absolute Gasteiger partial charge is 0.283 e. The summed E-state index contributed by atoms with van der Waals surface area (Å²) in [5, 5.41) is 4.45. The van der Waals surface area contributed by atoms with Gasteiger partial charge in [0.1, 0.15) is 10.6 Å². The quantitative estimate of drug-likeness (QED) is 0.706. The van der Waals surface area contributed by atoms with Crippen molar-refractivity contribution in [3.05, 3.63) is 35.2 Å². The molecule has 6 heteroatoms. The molecule has 2 fully saturated rings. The predicted octanol–water partition coefficient (Wildman–Crippen LogP) is 5.08. The number of nitrogens with one attached hydrogen (secondary N) is 1. The van der Waals surface area contributed by atoms with Crippen molar-refractivity contribution >= 4 is 28.6 Å². The Kier molecular flexibility index (Phi) is 5.67. The van der Waals surface area contributed by atoms with E-state index >= 15 is 0 Å². The molecule has 0 aliphatic heterocycles. The molecule has 0 saturated heterocycles. The van der Waals surface area contributed by atoms with Crippen molar-refractivity contribution in [3.8, 4) is 16.2 Å². The van der Waals surface area contributed by atoms with Crippen LogP contribution >= 0.6 is 11.3 Å². The zero-order valence-corrected chi connectivity index (χ0v) is 17.1. The Hall–Kier alpha value is -2.34. The van der Waals surface area contributed by atoms with Crippen LogP contribution in [0, 0.1) is 11.8 Å². The highest BCUT2D eigenvalue weighted by atomic mass is 32.1. The van der Waals surface area contributed by atoms with E-state index in [0.29, 0.717) is 10.6 Å². The van der Waals surface area contributed by atoms with E-state index in [1.54, 1.807) is 7.11 Å². The van der Waals surface area contributed by atoms with E-state index in [0.717, 1.165) is 46.6 Å². The molecule has 5 nitrogen and oxygen atoms in total. The third kappa shape index (κ3) is 4.07. The van der Waals surface area contributed by atoms with Crippen LogP contribution in [0.1, 0.15) is 54.6 Å². The van der Waals surface area contributed by atoms with Crippen molar-refractivity contribution in [1.29, 1.82) is 0 Å². The number of hydrogen-bond acceptors (Lipinski definition) is 5. The monoisotopic (exact) mass is 397 g/mol. The summed E-state index contributed by atoms with van der Waals surface area (Å²) in [5.41, 5.74) is 11.5. The molecule has 28 heavy (non-hydrogen) atoms. The molecular formula is C22H27N3O2S. The van der Waals surface area contributed by atoms with Crippen molar-refractivity contribution in [1.82, 2.24) is 5.43 Å². The Balaban J connectivity index is 1.42. The number of hydrogen-bond donors (Lipinski definition) is 2. The van der Waals surface area contributed by atoms with Crippen LogP contribution in [-0.4, -0.2) is 18.7 Å². The summed E-state index contributed by atoms with van der Waals surface area (Å²) in [5.74, 6) is 2.20. The first-order valence-corrected chi connectivity index (χ1v) is 10.8. The Morgan fingerprint density at radius 3 is 2.68 bits per heavy atom. The van der Waals surface area contributed by atoms with Gasteiger partial charge in [0.05, 0.1) is 12.8 Å². The number of fused-ring (bicyclic) bond motifs is 1. The lowest BCUT2D eigenvalue weighted by Crippen LogP contribution is -2.29. The minimum Gasteiger partial charge on any atom is -0.497 e. The van der Waals surface area contributed by atoms with Crippen LogP contribution in [0.5, 0.6) is 5.75 Å². The van der Waals surface area contributed by atoms with Crippen LogP contribution in [0.2, 0.25) is 0 Å². The van der Waals surface area contributed by atoms with Crippen molar-refractivity contribution in [3.63, 3.8) is 0 Å². The fourth-order valence-corrected chi connectivity index (χ4v) is 5.43. The lowest BCUT2D eigenvalue weighted by Gasteiger charge is -2.35. The lowest BCUT2D eigenvalue weighted by atomic mass is 9.70. The van der Waals surface area contributed by atoms with Crippen molar-refractivity contribution in [2.24, 2.45) is 16.9 Å². The second-order valence-corrected chi connectivity index (χ2v) is 8.84. The van der Waals surface area contributed by atoms with E-state index in [4.69, 9.17) is 10.5 Å². The molecule has 4 rings (SSSR count). The molecule has 1 heterocycles. The first kappa shape index (κ1) is 19.0. The second kappa shape index (κ2) is 8.35. The summed E-state index contributed by atoms with van der Waals surface area (Å²) in [6, 6.07) is 9.59. The number of ether oxygens (including phenoxy) is 1. The maximum atomic E-state index is 12.6. The van der Waals surface area contributed by atoms with E-state index in [1.807, 2.05) is 30.3 Å². The molecule has 1 aromatic carbocycles. The minimum absolute atomic E-state index is 0.222. The average Bonchev–Trinajstić information content (AvgIpc) is 3.13. The Morgan fingerprint density at radius 2 is 1.93 bits per heavy atom. The second-order valence-electron chi connectivity index (χ2n) is 7.79.